The molecule has 8 heteroatoms. The van der Waals surface area contributed by atoms with E-state index in [1.165, 1.54) is 11.0 Å². The van der Waals surface area contributed by atoms with E-state index in [-0.39, 0.29) is 29.4 Å². The number of phenolic OH excluding ortho intramolecular Hbond substituents is 1. The molecule has 5 rings (SSSR count). The van der Waals surface area contributed by atoms with Crippen LogP contribution in [-0.2, 0) is 22.7 Å². The summed E-state index contributed by atoms with van der Waals surface area (Å²) in [4.78, 5) is 28.5. The fraction of sp³-hybridized carbons (Fsp3) is 0.200. The Morgan fingerprint density at radius 3 is 2.35 bits per heavy atom. The molecule has 1 fully saturated rings. The minimum absolute atomic E-state index is 0.0570. The van der Waals surface area contributed by atoms with E-state index in [1.807, 2.05) is 43.3 Å². The van der Waals surface area contributed by atoms with Crippen LogP contribution in [0, 0.1) is 6.92 Å². The van der Waals surface area contributed by atoms with E-state index in [0.717, 1.165) is 16.7 Å². The van der Waals surface area contributed by atoms with Crippen LogP contribution in [0.1, 0.15) is 40.8 Å². The van der Waals surface area contributed by atoms with Gasteiger partial charge in [0.15, 0.2) is 11.5 Å². The van der Waals surface area contributed by atoms with Gasteiger partial charge in [0.25, 0.3) is 11.7 Å². The van der Waals surface area contributed by atoms with Crippen LogP contribution in [0.3, 0.4) is 0 Å². The van der Waals surface area contributed by atoms with Crippen molar-refractivity contribution in [2.24, 2.45) is 0 Å². The summed E-state index contributed by atoms with van der Waals surface area (Å²) in [5.74, 6) is -0.479. The van der Waals surface area contributed by atoms with Crippen LogP contribution in [0.2, 0.25) is 0 Å². The summed E-state index contributed by atoms with van der Waals surface area (Å²) < 4.78 is 16.9. The van der Waals surface area contributed by atoms with Crippen molar-refractivity contribution < 1.29 is 34.0 Å². The molecule has 1 saturated heterocycles. The van der Waals surface area contributed by atoms with Gasteiger partial charge in [0.2, 0.25) is 0 Å². The van der Waals surface area contributed by atoms with E-state index in [2.05, 4.69) is 0 Å². The number of hydrogen-bond acceptors (Lipinski definition) is 7. The maximum absolute atomic E-state index is 13.6. The van der Waals surface area contributed by atoms with Gasteiger partial charge in [-0.1, -0.05) is 48.5 Å². The van der Waals surface area contributed by atoms with Gasteiger partial charge in [-0.15, -0.1) is 0 Å². The summed E-state index contributed by atoms with van der Waals surface area (Å²) in [6.45, 7) is 4.41. The lowest BCUT2D eigenvalue weighted by molar-refractivity contribution is -0.140. The molecular formula is C35H33NO7. The van der Waals surface area contributed by atoms with Crippen molar-refractivity contribution in [3.8, 4) is 23.0 Å². The van der Waals surface area contributed by atoms with Crippen LogP contribution in [0.15, 0.2) is 96.6 Å². The highest BCUT2D eigenvalue weighted by atomic mass is 16.5. The number of amides is 1. The number of aliphatic hydroxyl groups excluding tert-OH is 1. The molecule has 43 heavy (non-hydrogen) atoms. The normalized spacial score (nSPS) is 15.9. The summed E-state index contributed by atoms with van der Waals surface area (Å²) in [6, 6.07) is 25.8. The van der Waals surface area contributed by atoms with Gasteiger partial charge in [-0.05, 0) is 78.6 Å². The number of benzene rings is 4. The molecule has 1 heterocycles. The number of rotatable bonds is 10. The third kappa shape index (κ3) is 6.18. The predicted molar refractivity (Wildman–Crippen MR) is 162 cm³/mol. The molecule has 8 nitrogen and oxygen atoms in total. The highest BCUT2D eigenvalue weighted by Crippen LogP contribution is 2.43. The Morgan fingerprint density at radius 1 is 0.860 bits per heavy atom. The van der Waals surface area contributed by atoms with Gasteiger partial charge in [-0.3, -0.25) is 9.59 Å². The smallest absolute Gasteiger partial charge is 0.295 e. The van der Waals surface area contributed by atoms with Crippen LogP contribution in [-0.4, -0.2) is 40.5 Å². The van der Waals surface area contributed by atoms with Crippen molar-refractivity contribution >= 4 is 17.4 Å². The van der Waals surface area contributed by atoms with Gasteiger partial charge in [-0.2, -0.15) is 0 Å². The number of methoxy groups -OCH3 is 1. The molecule has 2 N–H and O–H groups in total. The van der Waals surface area contributed by atoms with Crippen molar-refractivity contribution in [1.82, 2.24) is 4.90 Å². The maximum atomic E-state index is 13.6. The number of aliphatic hydroxyl groups is 1. The molecule has 1 atom stereocenters. The molecule has 220 valence electrons. The number of Topliss-reactive ketones (excluding diaryl/α,β-unsaturated/α-hetero) is 1. The molecular weight excluding hydrogens is 546 g/mol. The van der Waals surface area contributed by atoms with Gasteiger partial charge in [0.1, 0.15) is 23.9 Å². The molecule has 0 aromatic heterocycles. The van der Waals surface area contributed by atoms with E-state index < -0.39 is 17.7 Å². The van der Waals surface area contributed by atoms with Gasteiger partial charge in [-0.25, -0.2) is 0 Å². The molecule has 0 saturated carbocycles. The summed E-state index contributed by atoms with van der Waals surface area (Å²) in [7, 11) is 1.55. The average molecular weight is 580 g/mol. The van der Waals surface area contributed by atoms with Crippen LogP contribution in [0.5, 0.6) is 23.0 Å². The van der Waals surface area contributed by atoms with Crippen LogP contribution >= 0.6 is 0 Å². The summed E-state index contributed by atoms with van der Waals surface area (Å²) in [5, 5.41) is 21.9. The molecule has 1 aliphatic heterocycles. The SMILES string of the molecule is CCOc1cc(C2/C(=C(/O)c3ccc(OCc4ccccc4)c(C)c3)C(=O)C(=O)N2Cc2cccc(OC)c2)ccc1O. The predicted octanol–water partition coefficient (Wildman–Crippen LogP) is 6.31. The van der Waals surface area contributed by atoms with Gasteiger partial charge < -0.3 is 29.3 Å². The molecule has 4 aromatic rings. The first-order valence-corrected chi connectivity index (χ1v) is 14.0. The van der Waals surface area contributed by atoms with E-state index in [9.17, 15) is 19.8 Å². The molecule has 1 aliphatic rings. The zero-order chi connectivity index (χ0) is 30.5. The van der Waals surface area contributed by atoms with Gasteiger partial charge >= 0.3 is 0 Å². The lowest BCUT2D eigenvalue weighted by Gasteiger charge is -2.26. The Hall–Kier alpha value is -5.24. The fourth-order valence-electron chi connectivity index (χ4n) is 5.18. The first-order valence-electron chi connectivity index (χ1n) is 14.0. The Labute approximate surface area is 250 Å². The van der Waals surface area contributed by atoms with Crippen molar-refractivity contribution in [3.05, 3.63) is 124 Å². The Kier molecular flexibility index (Phi) is 8.66. The average Bonchev–Trinajstić information content (AvgIpc) is 3.26. The molecule has 1 unspecified atom stereocenters. The second-order valence-electron chi connectivity index (χ2n) is 10.2. The lowest BCUT2D eigenvalue weighted by Crippen LogP contribution is -2.29. The third-order valence-electron chi connectivity index (χ3n) is 7.31. The summed E-state index contributed by atoms with van der Waals surface area (Å²) in [6.07, 6.45) is 0. The second kappa shape index (κ2) is 12.7. The number of carbonyl (C=O) groups is 2. The summed E-state index contributed by atoms with van der Waals surface area (Å²) >= 11 is 0. The zero-order valence-electron chi connectivity index (χ0n) is 24.2. The molecule has 0 radical (unpaired) electrons. The van der Waals surface area contributed by atoms with Crippen LogP contribution < -0.4 is 14.2 Å². The maximum Gasteiger partial charge on any atom is 0.295 e. The van der Waals surface area contributed by atoms with E-state index in [1.54, 1.807) is 62.6 Å². The highest BCUT2D eigenvalue weighted by molar-refractivity contribution is 6.46. The van der Waals surface area contributed by atoms with Crippen molar-refractivity contribution in [1.29, 1.82) is 0 Å². The summed E-state index contributed by atoms with van der Waals surface area (Å²) in [5.41, 5.74) is 3.34. The molecule has 1 amide bonds. The number of aryl methyl sites for hydroxylation is 1. The lowest BCUT2D eigenvalue weighted by atomic mass is 9.94. The Morgan fingerprint density at radius 2 is 1.63 bits per heavy atom. The Balaban J connectivity index is 1.56. The topological polar surface area (TPSA) is 106 Å². The van der Waals surface area contributed by atoms with Crippen molar-refractivity contribution in [2.45, 2.75) is 33.0 Å². The number of carbonyl (C=O) groups excluding carboxylic acids is 2. The monoisotopic (exact) mass is 579 g/mol. The number of hydrogen-bond donors (Lipinski definition) is 2. The van der Waals surface area contributed by atoms with E-state index in [0.29, 0.717) is 35.8 Å². The van der Waals surface area contributed by atoms with Crippen molar-refractivity contribution in [3.63, 3.8) is 0 Å². The van der Waals surface area contributed by atoms with Crippen LogP contribution in [0.4, 0.5) is 0 Å². The van der Waals surface area contributed by atoms with Gasteiger partial charge in [0.05, 0.1) is 25.3 Å². The van der Waals surface area contributed by atoms with E-state index in [4.69, 9.17) is 14.2 Å². The van der Waals surface area contributed by atoms with Crippen molar-refractivity contribution in [2.75, 3.05) is 13.7 Å². The number of ketones is 1. The quantitative estimate of drug-likeness (QED) is 0.129. The minimum atomic E-state index is -0.944. The largest absolute Gasteiger partial charge is 0.507 e. The van der Waals surface area contributed by atoms with Crippen LogP contribution in [0.25, 0.3) is 5.76 Å². The molecule has 0 bridgehead atoms. The van der Waals surface area contributed by atoms with Gasteiger partial charge in [0, 0.05) is 12.1 Å². The Bertz CT molecular complexity index is 1680. The van der Waals surface area contributed by atoms with E-state index >= 15 is 0 Å². The molecule has 4 aromatic carbocycles. The number of phenols is 1. The molecule has 0 spiro atoms. The zero-order valence-corrected chi connectivity index (χ0v) is 24.2. The number of ether oxygens (including phenoxy) is 3. The number of nitrogens with zero attached hydrogens (tertiary/aromatic N) is 1. The first-order chi connectivity index (χ1) is 20.8. The highest BCUT2D eigenvalue weighted by Gasteiger charge is 2.46. The standard InChI is InChI=1S/C35H33NO7/c1-4-42-30-19-25(13-15-28(30)37)32-31(34(39)35(40)36(32)20-24-11-8-12-27(18-24)41-3)33(38)26-14-16-29(22(2)17-26)43-21-23-9-6-5-7-10-23/h5-19,32,37-38H,4,20-21H2,1-3H3/b33-31-. The first kappa shape index (κ1) is 29.3. The second-order valence-corrected chi connectivity index (χ2v) is 10.2. The molecule has 0 aliphatic carbocycles. The number of aromatic hydroxyl groups is 1. The number of likely N-dealkylation sites (tertiary alicyclic amines) is 1. The third-order valence-corrected chi connectivity index (χ3v) is 7.31. The fourth-order valence-corrected chi connectivity index (χ4v) is 5.18. The minimum Gasteiger partial charge on any atom is -0.507 e.